The number of fused-ring (bicyclic) bond motifs is 1. The van der Waals surface area contributed by atoms with Gasteiger partial charge in [0.05, 0.1) is 0 Å². The molecule has 88 valence electrons. The van der Waals surface area contributed by atoms with E-state index in [1.165, 1.54) is 23.4 Å². The Morgan fingerprint density at radius 2 is 2.06 bits per heavy atom. The summed E-state index contributed by atoms with van der Waals surface area (Å²) in [5.74, 6) is 0. The molecule has 3 heteroatoms. The first-order valence-electron chi connectivity index (χ1n) is 5.94. The van der Waals surface area contributed by atoms with E-state index in [2.05, 4.69) is 46.7 Å². The zero-order valence-corrected chi connectivity index (χ0v) is 11.8. The van der Waals surface area contributed by atoms with E-state index in [1.54, 1.807) is 6.33 Å². The van der Waals surface area contributed by atoms with Crippen LogP contribution < -0.4 is 0 Å². The largest absolute Gasteiger partial charge is 0.241 e. The molecule has 2 rings (SSSR count). The van der Waals surface area contributed by atoms with Crippen molar-refractivity contribution in [2.24, 2.45) is 5.41 Å². The van der Waals surface area contributed by atoms with Crippen LogP contribution in [0.2, 0.25) is 0 Å². The molecule has 1 aromatic rings. The number of aromatic nitrogens is 2. The van der Waals surface area contributed by atoms with E-state index in [0.29, 0.717) is 4.83 Å². The van der Waals surface area contributed by atoms with Gasteiger partial charge in [-0.15, -0.1) is 0 Å². The topological polar surface area (TPSA) is 25.8 Å². The van der Waals surface area contributed by atoms with Crippen LogP contribution >= 0.6 is 15.9 Å². The normalized spacial score (nSPS) is 17.2. The molecule has 1 aliphatic rings. The van der Waals surface area contributed by atoms with Crippen LogP contribution in [0, 0.1) is 5.41 Å². The van der Waals surface area contributed by atoms with Crippen LogP contribution in [0.15, 0.2) is 6.33 Å². The summed E-state index contributed by atoms with van der Waals surface area (Å²) in [6, 6.07) is 0. The molecule has 0 radical (unpaired) electrons. The highest BCUT2D eigenvalue weighted by Crippen LogP contribution is 2.31. The predicted octanol–water partition coefficient (Wildman–Crippen LogP) is 3.32. The number of alkyl halides is 1. The fraction of sp³-hybridized carbons (Fsp3) is 0.692. The quantitative estimate of drug-likeness (QED) is 0.778. The summed E-state index contributed by atoms with van der Waals surface area (Å²) in [7, 11) is 0. The summed E-state index contributed by atoms with van der Waals surface area (Å²) in [4.78, 5) is 9.30. The van der Waals surface area contributed by atoms with Crippen LogP contribution in [-0.4, -0.2) is 14.8 Å². The number of rotatable bonds is 2. The average molecular weight is 283 g/mol. The first-order chi connectivity index (χ1) is 7.48. The Morgan fingerprint density at radius 3 is 2.75 bits per heavy atom. The summed E-state index contributed by atoms with van der Waals surface area (Å²) >= 11 is 3.78. The van der Waals surface area contributed by atoms with Gasteiger partial charge < -0.3 is 0 Å². The van der Waals surface area contributed by atoms with Gasteiger partial charge in [0.2, 0.25) is 0 Å². The molecule has 1 aromatic heterocycles. The lowest BCUT2D eigenvalue weighted by atomic mass is 9.89. The van der Waals surface area contributed by atoms with Gasteiger partial charge >= 0.3 is 0 Å². The molecule has 1 unspecified atom stereocenters. The molecular formula is C13H19BrN2. The van der Waals surface area contributed by atoms with Crippen molar-refractivity contribution in [3.05, 3.63) is 23.3 Å². The highest BCUT2D eigenvalue weighted by molar-refractivity contribution is 9.09. The number of nitrogens with zero attached hydrogens (tertiary/aromatic N) is 2. The first-order valence-corrected chi connectivity index (χ1v) is 6.86. The van der Waals surface area contributed by atoms with E-state index in [9.17, 15) is 0 Å². The second kappa shape index (κ2) is 4.44. The fourth-order valence-corrected chi connectivity index (χ4v) is 2.39. The van der Waals surface area contributed by atoms with Crippen molar-refractivity contribution in [3.8, 4) is 0 Å². The van der Waals surface area contributed by atoms with Crippen LogP contribution in [0.3, 0.4) is 0 Å². The van der Waals surface area contributed by atoms with Gasteiger partial charge in [-0.1, -0.05) is 36.7 Å². The first kappa shape index (κ1) is 12.0. The van der Waals surface area contributed by atoms with Gasteiger partial charge in [-0.05, 0) is 30.2 Å². The smallest absolute Gasteiger partial charge is 0.115 e. The minimum Gasteiger partial charge on any atom is -0.241 e. The summed E-state index contributed by atoms with van der Waals surface area (Å²) in [6.45, 7) is 6.77. The van der Waals surface area contributed by atoms with Gasteiger partial charge in [0, 0.05) is 22.6 Å². The molecule has 0 N–H and O–H groups in total. The molecular weight excluding hydrogens is 264 g/mol. The fourth-order valence-electron chi connectivity index (χ4n) is 2.08. The SMILES string of the molecule is CC(C)(C)C(Br)Cc1ncnc2c1CCC2. The van der Waals surface area contributed by atoms with Crippen LogP contribution in [-0.2, 0) is 19.3 Å². The summed E-state index contributed by atoms with van der Waals surface area (Å²) < 4.78 is 0. The molecule has 0 bridgehead atoms. The summed E-state index contributed by atoms with van der Waals surface area (Å²) in [5, 5.41) is 0. The Kier molecular flexibility index (Phi) is 3.34. The molecule has 1 aliphatic carbocycles. The second-order valence-electron chi connectivity index (χ2n) is 5.64. The van der Waals surface area contributed by atoms with Crippen molar-refractivity contribution in [1.29, 1.82) is 0 Å². The third kappa shape index (κ3) is 2.45. The zero-order valence-electron chi connectivity index (χ0n) is 10.3. The molecule has 0 saturated heterocycles. The van der Waals surface area contributed by atoms with E-state index in [1.807, 2.05) is 0 Å². The molecule has 0 spiro atoms. The van der Waals surface area contributed by atoms with Crippen LogP contribution in [0.1, 0.15) is 44.1 Å². The highest BCUT2D eigenvalue weighted by atomic mass is 79.9. The van der Waals surface area contributed by atoms with E-state index in [0.717, 1.165) is 19.3 Å². The van der Waals surface area contributed by atoms with Crippen LogP contribution in [0.5, 0.6) is 0 Å². The van der Waals surface area contributed by atoms with Crippen molar-refractivity contribution >= 4 is 15.9 Å². The van der Waals surface area contributed by atoms with Gasteiger partial charge in [-0.25, -0.2) is 9.97 Å². The number of hydrogen-bond donors (Lipinski definition) is 0. The summed E-state index contributed by atoms with van der Waals surface area (Å²) in [5.41, 5.74) is 4.21. The van der Waals surface area contributed by atoms with Gasteiger partial charge in [0.25, 0.3) is 0 Å². The molecule has 2 nitrogen and oxygen atoms in total. The zero-order chi connectivity index (χ0) is 11.8. The molecule has 0 fully saturated rings. The maximum atomic E-state index is 4.46. The second-order valence-corrected chi connectivity index (χ2v) is 6.74. The van der Waals surface area contributed by atoms with Gasteiger partial charge in [0.1, 0.15) is 6.33 Å². The van der Waals surface area contributed by atoms with Crippen molar-refractivity contribution in [2.45, 2.75) is 51.3 Å². The number of hydrogen-bond acceptors (Lipinski definition) is 2. The number of aryl methyl sites for hydroxylation is 1. The van der Waals surface area contributed by atoms with Crippen LogP contribution in [0.25, 0.3) is 0 Å². The molecule has 0 amide bonds. The number of halogens is 1. The van der Waals surface area contributed by atoms with Gasteiger partial charge in [-0.2, -0.15) is 0 Å². The summed E-state index contributed by atoms with van der Waals surface area (Å²) in [6.07, 6.45) is 6.27. The highest BCUT2D eigenvalue weighted by Gasteiger charge is 2.25. The maximum Gasteiger partial charge on any atom is 0.115 e. The molecule has 1 atom stereocenters. The Labute approximate surface area is 106 Å². The molecule has 16 heavy (non-hydrogen) atoms. The monoisotopic (exact) mass is 282 g/mol. The Bertz CT molecular complexity index is 382. The van der Waals surface area contributed by atoms with E-state index in [4.69, 9.17) is 0 Å². The van der Waals surface area contributed by atoms with Crippen molar-refractivity contribution in [3.63, 3.8) is 0 Å². The van der Waals surface area contributed by atoms with E-state index in [-0.39, 0.29) is 5.41 Å². The Morgan fingerprint density at radius 1 is 1.31 bits per heavy atom. The van der Waals surface area contributed by atoms with E-state index < -0.39 is 0 Å². The maximum absolute atomic E-state index is 4.46. The Hall–Kier alpha value is -0.440. The van der Waals surface area contributed by atoms with E-state index >= 15 is 0 Å². The lowest BCUT2D eigenvalue weighted by molar-refractivity contribution is 0.395. The lowest BCUT2D eigenvalue weighted by Crippen LogP contribution is -2.23. The molecule has 0 saturated carbocycles. The molecule has 1 heterocycles. The van der Waals surface area contributed by atoms with Crippen molar-refractivity contribution < 1.29 is 0 Å². The third-order valence-corrected chi connectivity index (χ3v) is 4.97. The molecule has 0 aliphatic heterocycles. The standard InChI is InChI=1S/C13H19BrN2/c1-13(2,3)12(14)7-11-9-5-4-6-10(9)15-8-16-11/h8,12H,4-7H2,1-3H3. The van der Waals surface area contributed by atoms with Gasteiger partial charge in [-0.3, -0.25) is 0 Å². The van der Waals surface area contributed by atoms with Crippen molar-refractivity contribution in [2.75, 3.05) is 0 Å². The minimum atomic E-state index is 0.274. The molecule has 0 aromatic carbocycles. The average Bonchev–Trinajstić information content (AvgIpc) is 2.65. The van der Waals surface area contributed by atoms with Gasteiger partial charge in [0.15, 0.2) is 0 Å². The van der Waals surface area contributed by atoms with Crippen molar-refractivity contribution in [1.82, 2.24) is 9.97 Å². The predicted molar refractivity (Wildman–Crippen MR) is 69.9 cm³/mol. The Balaban J connectivity index is 2.20. The third-order valence-electron chi connectivity index (χ3n) is 3.28. The van der Waals surface area contributed by atoms with Crippen LogP contribution in [0.4, 0.5) is 0 Å². The lowest BCUT2D eigenvalue weighted by Gasteiger charge is -2.25. The minimum absolute atomic E-state index is 0.274.